The van der Waals surface area contributed by atoms with Crippen LogP contribution in [0.1, 0.15) is 29.0 Å². The molecule has 7 heteroatoms. The fourth-order valence-electron chi connectivity index (χ4n) is 3.68. The number of benzene rings is 1. The number of amides is 2. The largest absolute Gasteiger partial charge is 0.368 e. The first-order valence-corrected chi connectivity index (χ1v) is 9.45. The predicted molar refractivity (Wildman–Crippen MR) is 99.8 cm³/mol. The maximum atomic E-state index is 12.9. The standard InChI is InChI=1S/C20H24N4O3/c1-15-14-17(21-24(15)16-6-3-2-4-7-16)19(25)22-9-11-23(12-10-22)20(26)18-8-5-13-27-18/h2-4,6-7,14,18H,5,8-13H2,1H3. The van der Waals surface area contributed by atoms with E-state index < -0.39 is 0 Å². The lowest BCUT2D eigenvalue weighted by atomic mass is 10.2. The summed E-state index contributed by atoms with van der Waals surface area (Å²) < 4.78 is 7.27. The minimum Gasteiger partial charge on any atom is -0.368 e. The van der Waals surface area contributed by atoms with Crippen LogP contribution in [0, 0.1) is 6.92 Å². The zero-order valence-corrected chi connectivity index (χ0v) is 15.5. The summed E-state index contributed by atoms with van der Waals surface area (Å²) in [5, 5.41) is 4.50. The average molecular weight is 368 g/mol. The molecule has 1 atom stereocenters. The number of para-hydroxylation sites is 1. The number of aryl methyl sites for hydroxylation is 1. The molecule has 142 valence electrons. The first-order chi connectivity index (χ1) is 13.1. The first-order valence-electron chi connectivity index (χ1n) is 9.45. The molecule has 0 radical (unpaired) electrons. The van der Waals surface area contributed by atoms with E-state index in [-0.39, 0.29) is 17.9 Å². The number of hydrogen-bond acceptors (Lipinski definition) is 4. The Hall–Kier alpha value is -2.67. The molecule has 4 rings (SSSR count). The predicted octanol–water partition coefficient (Wildman–Crippen LogP) is 1.64. The van der Waals surface area contributed by atoms with Gasteiger partial charge in [0.15, 0.2) is 5.69 Å². The van der Waals surface area contributed by atoms with Crippen molar-refractivity contribution in [3.05, 3.63) is 47.8 Å². The Bertz CT molecular complexity index is 819. The van der Waals surface area contributed by atoms with E-state index in [0.717, 1.165) is 24.2 Å². The Labute approximate surface area is 158 Å². The molecule has 1 aromatic heterocycles. The van der Waals surface area contributed by atoms with Gasteiger partial charge in [-0.05, 0) is 38.0 Å². The number of carbonyl (C=O) groups is 2. The molecule has 3 heterocycles. The third-order valence-corrected chi connectivity index (χ3v) is 5.19. The highest BCUT2D eigenvalue weighted by molar-refractivity contribution is 5.92. The number of piperazine rings is 1. The lowest BCUT2D eigenvalue weighted by Gasteiger charge is -2.35. The second-order valence-corrected chi connectivity index (χ2v) is 7.04. The van der Waals surface area contributed by atoms with Crippen LogP contribution in [0.4, 0.5) is 0 Å². The number of rotatable bonds is 3. The SMILES string of the molecule is Cc1cc(C(=O)N2CCN(C(=O)C3CCCO3)CC2)nn1-c1ccccc1. The van der Waals surface area contributed by atoms with Crippen molar-refractivity contribution in [3.8, 4) is 5.69 Å². The lowest BCUT2D eigenvalue weighted by Crippen LogP contribution is -2.52. The highest BCUT2D eigenvalue weighted by Crippen LogP contribution is 2.17. The van der Waals surface area contributed by atoms with Crippen LogP contribution >= 0.6 is 0 Å². The maximum Gasteiger partial charge on any atom is 0.274 e. The molecule has 0 N–H and O–H groups in total. The zero-order chi connectivity index (χ0) is 18.8. The van der Waals surface area contributed by atoms with E-state index in [0.29, 0.717) is 38.5 Å². The lowest BCUT2D eigenvalue weighted by molar-refractivity contribution is -0.142. The van der Waals surface area contributed by atoms with Gasteiger partial charge in [0.2, 0.25) is 0 Å². The molecule has 1 aromatic carbocycles. The number of ether oxygens (including phenoxy) is 1. The molecule has 2 saturated heterocycles. The molecule has 0 spiro atoms. The van der Waals surface area contributed by atoms with Crippen molar-refractivity contribution in [1.82, 2.24) is 19.6 Å². The second kappa shape index (κ2) is 7.52. The maximum absolute atomic E-state index is 12.9. The molecule has 2 aliphatic heterocycles. The third-order valence-electron chi connectivity index (χ3n) is 5.19. The Morgan fingerprint density at radius 1 is 1.07 bits per heavy atom. The van der Waals surface area contributed by atoms with Crippen molar-refractivity contribution in [1.29, 1.82) is 0 Å². The van der Waals surface area contributed by atoms with E-state index in [2.05, 4.69) is 5.10 Å². The summed E-state index contributed by atoms with van der Waals surface area (Å²) in [4.78, 5) is 28.9. The molecular formula is C20H24N4O3. The third kappa shape index (κ3) is 3.60. The fourth-order valence-corrected chi connectivity index (χ4v) is 3.68. The van der Waals surface area contributed by atoms with Crippen molar-refractivity contribution in [3.63, 3.8) is 0 Å². The van der Waals surface area contributed by atoms with E-state index in [1.807, 2.05) is 48.2 Å². The molecule has 2 aromatic rings. The Morgan fingerprint density at radius 3 is 2.44 bits per heavy atom. The van der Waals surface area contributed by atoms with Gasteiger partial charge >= 0.3 is 0 Å². The van der Waals surface area contributed by atoms with Gasteiger partial charge in [-0.15, -0.1) is 0 Å². The van der Waals surface area contributed by atoms with Crippen molar-refractivity contribution in [2.75, 3.05) is 32.8 Å². The monoisotopic (exact) mass is 368 g/mol. The smallest absolute Gasteiger partial charge is 0.274 e. The highest BCUT2D eigenvalue weighted by Gasteiger charge is 2.32. The summed E-state index contributed by atoms with van der Waals surface area (Å²) in [7, 11) is 0. The van der Waals surface area contributed by atoms with E-state index >= 15 is 0 Å². The van der Waals surface area contributed by atoms with Gasteiger partial charge in [0, 0.05) is 38.5 Å². The van der Waals surface area contributed by atoms with Gasteiger partial charge in [0.25, 0.3) is 11.8 Å². The molecule has 2 fully saturated rings. The van der Waals surface area contributed by atoms with E-state index in [9.17, 15) is 9.59 Å². The number of hydrogen-bond donors (Lipinski definition) is 0. The molecule has 0 aliphatic carbocycles. The fraction of sp³-hybridized carbons (Fsp3) is 0.450. The van der Waals surface area contributed by atoms with Gasteiger partial charge in [-0.2, -0.15) is 5.10 Å². The molecule has 7 nitrogen and oxygen atoms in total. The Morgan fingerprint density at radius 2 is 1.78 bits per heavy atom. The topological polar surface area (TPSA) is 67.7 Å². The Balaban J connectivity index is 1.40. The van der Waals surface area contributed by atoms with Crippen molar-refractivity contribution in [2.24, 2.45) is 0 Å². The molecule has 2 amide bonds. The summed E-state index contributed by atoms with van der Waals surface area (Å²) in [6.07, 6.45) is 1.45. The van der Waals surface area contributed by atoms with Gasteiger partial charge in [-0.25, -0.2) is 4.68 Å². The summed E-state index contributed by atoms with van der Waals surface area (Å²) in [6.45, 7) is 4.74. The molecule has 0 bridgehead atoms. The van der Waals surface area contributed by atoms with E-state index in [1.165, 1.54) is 0 Å². The van der Waals surface area contributed by atoms with Crippen LogP contribution in [0.15, 0.2) is 36.4 Å². The normalized spacial score (nSPS) is 20.1. The molecular weight excluding hydrogens is 344 g/mol. The molecule has 2 aliphatic rings. The van der Waals surface area contributed by atoms with Crippen LogP contribution in [-0.4, -0.2) is 70.3 Å². The van der Waals surface area contributed by atoms with Crippen molar-refractivity contribution in [2.45, 2.75) is 25.9 Å². The summed E-state index contributed by atoms with van der Waals surface area (Å²) in [6, 6.07) is 11.6. The average Bonchev–Trinajstić information content (AvgIpc) is 3.38. The van der Waals surface area contributed by atoms with Gasteiger partial charge in [0.1, 0.15) is 6.10 Å². The van der Waals surface area contributed by atoms with Crippen LogP contribution in [0.5, 0.6) is 0 Å². The zero-order valence-electron chi connectivity index (χ0n) is 15.5. The molecule has 27 heavy (non-hydrogen) atoms. The van der Waals surface area contributed by atoms with Crippen molar-refractivity contribution < 1.29 is 14.3 Å². The summed E-state index contributed by atoms with van der Waals surface area (Å²) in [5.41, 5.74) is 2.29. The number of carbonyl (C=O) groups excluding carboxylic acids is 2. The van der Waals surface area contributed by atoms with E-state index in [1.54, 1.807) is 9.58 Å². The van der Waals surface area contributed by atoms with Crippen LogP contribution in [0.3, 0.4) is 0 Å². The summed E-state index contributed by atoms with van der Waals surface area (Å²) >= 11 is 0. The van der Waals surface area contributed by atoms with Crippen LogP contribution in [-0.2, 0) is 9.53 Å². The van der Waals surface area contributed by atoms with Gasteiger partial charge in [-0.1, -0.05) is 18.2 Å². The highest BCUT2D eigenvalue weighted by atomic mass is 16.5. The van der Waals surface area contributed by atoms with Crippen LogP contribution < -0.4 is 0 Å². The molecule has 1 unspecified atom stereocenters. The number of nitrogens with zero attached hydrogens (tertiary/aromatic N) is 4. The van der Waals surface area contributed by atoms with Gasteiger partial charge in [-0.3, -0.25) is 9.59 Å². The van der Waals surface area contributed by atoms with Crippen molar-refractivity contribution >= 4 is 11.8 Å². The van der Waals surface area contributed by atoms with Gasteiger partial charge < -0.3 is 14.5 Å². The van der Waals surface area contributed by atoms with Gasteiger partial charge in [0.05, 0.1) is 5.69 Å². The molecule has 0 saturated carbocycles. The minimum atomic E-state index is -0.295. The first kappa shape index (κ1) is 17.7. The van der Waals surface area contributed by atoms with E-state index in [4.69, 9.17) is 4.74 Å². The number of aromatic nitrogens is 2. The quantitative estimate of drug-likeness (QED) is 0.826. The second-order valence-electron chi connectivity index (χ2n) is 7.04. The van der Waals surface area contributed by atoms with Crippen LogP contribution in [0.25, 0.3) is 5.69 Å². The summed E-state index contributed by atoms with van der Waals surface area (Å²) in [5.74, 6) is -0.0270. The van der Waals surface area contributed by atoms with Crippen LogP contribution in [0.2, 0.25) is 0 Å². The minimum absolute atomic E-state index is 0.0591. The Kier molecular flexibility index (Phi) is 4.94.